The van der Waals surface area contributed by atoms with Gasteiger partial charge in [0, 0.05) is 50.8 Å². The normalized spacial score (nSPS) is 18.8. The van der Waals surface area contributed by atoms with E-state index in [2.05, 4.69) is 62.0 Å². The van der Waals surface area contributed by atoms with E-state index in [1.807, 2.05) is 12.3 Å². The van der Waals surface area contributed by atoms with E-state index < -0.39 is 0 Å². The molecule has 1 saturated heterocycles. The van der Waals surface area contributed by atoms with Gasteiger partial charge in [0.05, 0.1) is 5.69 Å². The molecule has 3 aliphatic rings. The highest BCUT2D eigenvalue weighted by Gasteiger charge is 2.20. The second-order valence-corrected chi connectivity index (χ2v) is 9.53. The lowest BCUT2D eigenvalue weighted by atomic mass is 9.96. The zero-order valence-corrected chi connectivity index (χ0v) is 19.3. The fraction of sp³-hybridized carbons (Fsp3) is 0.538. The average Bonchev–Trinajstić information content (AvgIpc) is 3.56. The third-order valence-electron chi connectivity index (χ3n) is 6.88. The fourth-order valence-electron chi connectivity index (χ4n) is 4.68. The molecule has 0 radical (unpaired) electrons. The van der Waals surface area contributed by atoms with Crippen LogP contribution in [0.5, 0.6) is 0 Å². The van der Waals surface area contributed by atoms with Crippen molar-refractivity contribution in [3.8, 4) is 0 Å². The number of imidazole rings is 1. The summed E-state index contributed by atoms with van der Waals surface area (Å²) >= 11 is 0. The van der Waals surface area contributed by atoms with Crippen LogP contribution in [0.15, 0.2) is 42.7 Å². The molecule has 0 amide bonds. The number of likely N-dealkylation sites (N-methyl/N-ethyl adjacent to an activating group) is 1. The monoisotopic (exact) mass is 432 g/mol. The van der Waals surface area contributed by atoms with Crippen molar-refractivity contribution in [2.24, 2.45) is 5.92 Å². The van der Waals surface area contributed by atoms with Crippen LogP contribution in [0.2, 0.25) is 0 Å². The second kappa shape index (κ2) is 10.0. The number of rotatable bonds is 5. The van der Waals surface area contributed by atoms with Crippen LogP contribution in [0, 0.1) is 5.92 Å². The number of aryl methyl sites for hydroxylation is 2. The van der Waals surface area contributed by atoms with E-state index in [-0.39, 0.29) is 0 Å². The largest absolute Gasteiger partial charge is 0.355 e. The summed E-state index contributed by atoms with van der Waals surface area (Å²) in [6.45, 7) is 6.44. The fourth-order valence-corrected chi connectivity index (χ4v) is 4.68. The van der Waals surface area contributed by atoms with Crippen molar-refractivity contribution in [1.29, 1.82) is 0 Å². The van der Waals surface area contributed by atoms with Gasteiger partial charge in [0.2, 0.25) is 0 Å². The highest BCUT2D eigenvalue weighted by molar-refractivity contribution is 5.52. The first kappa shape index (κ1) is 21.4. The molecular formula is C26H36N6. The summed E-state index contributed by atoms with van der Waals surface area (Å²) in [4.78, 5) is 13.9. The van der Waals surface area contributed by atoms with Crippen molar-refractivity contribution in [3.63, 3.8) is 0 Å². The molecule has 2 fully saturated rings. The third-order valence-corrected chi connectivity index (χ3v) is 6.88. The summed E-state index contributed by atoms with van der Waals surface area (Å²) in [5, 5.41) is 3.53. The van der Waals surface area contributed by atoms with Gasteiger partial charge in [-0.2, -0.15) is 0 Å². The summed E-state index contributed by atoms with van der Waals surface area (Å²) in [5.74, 6) is 2.18. The van der Waals surface area contributed by atoms with E-state index in [9.17, 15) is 0 Å². The summed E-state index contributed by atoms with van der Waals surface area (Å²) in [6, 6.07) is 10.7. The smallest absolute Gasteiger partial charge is 0.138 e. The number of nitrogens with zero attached hydrogens (tertiary/aromatic N) is 5. The van der Waals surface area contributed by atoms with Crippen molar-refractivity contribution in [2.45, 2.75) is 45.1 Å². The molecule has 2 aliphatic carbocycles. The van der Waals surface area contributed by atoms with E-state index >= 15 is 0 Å². The van der Waals surface area contributed by atoms with Crippen molar-refractivity contribution >= 4 is 11.5 Å². The Labute approximate surface area is 191 Å². The minimum Gasteiger partial charge on any atom is -0.355 e. The number of hydrogen-bond donors (Lipinski definition) is 1. The number of nitrogens with one attached hydrogen (secondary N) is 1. The molecule has 0 atom stereocenters. The lowest BCUT2D eigenvalue weighted by Gasteiger charge is -2.34. The van der Waals surface area contributed by atoms with E-state index in [1.54, 1.807) is 0 Å². The highest BCUT2D eigenvalue weighted by Crippen LogP contribution is 2.27. The molecule has 6 rings (SSSR count). The molecule has 32 heavy (non-hydrogen) atoms. The Morgan fingerprint density at radius 2 is 1.84 bits per heavy atom. The molecule has 0 unspecified atom stereocenters. The predicted molar refractivity (Wildman–Crippen MR) is 130 cm³/mol. The minimum atomic E-state index is 0.875. The number of piperazine rings is 1. The third kappa shape index (κ3) is 5.30. The van der Waals surface area contributed by atoms with Crippen LogP contribution in [0.25, 0.3) is 5.65 Å². The molecule has 3 aromatic heterocycles. The Balaban J connectivity index is 0.000000180. The van der Waals surface area contributed by atoms with E-state index in [0.29, 0.717) is 0 Å². The van der Waals surface area contributed by atoms with Crippen LogP contribution in [-0.4, -0.2) is 59.0 Å². The zero-order chi connectivity index (χ0) is 21.8. The van der Waals surface area contributed by atoms with Gasteiger partial charge in [0.1, 0.15) is 11.5 Å². The van der Waals surface area contributed by atoms with Crippen molar-refractivity contribution in [1.82, 2.24) is 24.6 Å². The molecule has 4 heterocycles. The molecule has 0 bridgehead atoms. The van der Waals surface area contributed by atoms with Gasteiger partial charge in [0.15, 0.2) is 0 Å². The van der Waals surface area contributed by atoms with E-state index in [4.69, 9.17) is 4.98 Å². The number of hydrogen-bond acceptors (Lipinski definition) is 5. The number of fused-ring (bicyclic) bond motifs is 2. The van der Waals surface area contributed by atoms with Gasteiger partial charge in [0.25, 0.3) is 0 Å². The average molecular weight is 433 g/mol. The molecule has 0 aromatic carbocycles. The highest BCUT2D eigenvalue weighted by atomic mass is 15.3. The topological polar surface area (TPSA) is 48.7 Å². The van der Waals surface area contributed by atoms with Crippen molar-refractivity contribution in [3.05, 3.63) is 59.7 Å². The minimum absolute atomic E-state index is 0.875. The van der Waals surface area contributed by atoms with Gasteiger partial charge in [-0.25, -0.2) is 4.98 Å². The summed E-state index contributed by atoms with van der Waals surface area (Å²) < 4.78 is 2.25. The summed E-state index contributed by atoms with van der Waals surface area (Å²) in [6.07, 6.45) is 12.0. The van der Waals surface area contributed by atoms with Crippen molar-refractivity contribution < 1.29 is 0 Å². The molecule has 1 saturated carbocycles. The van der Waals surface area contributed by atoms with Crippen LogP contribution >= 0.6 is 0 Å². The van der Waals surface area contributed by atoms with Gasteiger partial charge < -0.3 is 15.1 Å². The Bertz CT molecular complexity index is 991. The predicted octanol–water partition coefficient (Wildman–Crippen LogP) is 3.55. The Morgan fingerprint density at radius 1 is 1.00 bits per heavy atom. The van der Waals surface area contributed by atoms with Gasteiger partial charge >= 0.3 is 0 Å². The molecule has 6 nitrogen and oxygen atoms in total. The Kier molecular flexibility index (Phi) is 6.69. The van der Waals surface area contributed by atoms with Crippen LogP contribution in [0.4, 0.5) is 5.82 Å². The van der Waals surface area contributed by atoms with Crippen LogP contribution in [0.1, 0.15) is 42.6 Å². The number of pyridine rings is 2. The lowest BCUT2D eigenvalue weighted by molar-refractivity contribution is 0.312. The quantitative estimate of drug-likeness (QED) is 0.668. The van der Waals surface area contributed by atoms with Gasteiger partial charge in [-0.05, 0) is 81.8 Å². The second-order valence-electron chi connectivity index (χ2n) is 9.53. The summed E-state index contributed by atoms with van der Waals surface area (Å²) in [5.41, 5.74) is 4.99. The van der Waals surface area contributed by atoms with Gasteiger partial charge in [-0.1, -0.05) is 12.1 Å². The summed E-state index contributed by atoms with van der Waals surface area (Å²) in [7, 11) is 2.19. The first-order valence-corrected chi connectivity index (χ1v) is 12.3. The molecule has 3 aromatic rings. The van der Waals surface area contributed by atoms with Crippen LogP contribution < -0.4 is 10.2 Å². The number of aromatic nitrogens is 3. The molecule has 0 spiro atoms. The van der Waals surface area contributed by atoms with Crippen LogP contribution in [-0.2, 0) is 19.4 Å². The van der Waals surface area contributed by atoms with E-state index in [0.717, 1.165) is 56.5 Å². The molecule has 1 N–H and O–H groups in total. The maximum atomic E-state index is 4.76. The first-order chi connectivity index (χ1) is 15.8. The Morgan fingerprint density at radius 3 is 2.66 bits per heavy atom. The van der Waals surface area contributed by atoms with Crippen molar-refractivity contribution in [2.75, 3.05) is 44.7 Å². The molecule has 170 valence electrons. The van der Waals surface area contributed by atoms with Crippen LogP contribution in [0.3, 0.4) is 0 Å². The number of anilines is 1. The molecular weight excluding hydrogens is 396 g/mol. The maximum Gasteiger partial charge on any atom is 0.138 e. The van der Waals surface area contributed by atoms with E-state index in [1.165, 1.54) is 55.6 Å². The maximum absolute atomic E-state index is 4.76. The SMILES string of the molecule is CN1CCN(c2cccc3nc(CNCC4CC4)cn23)CC1.c1cnc2c(c1)CCCC2. The first-order valence-electron chi connectivity index (χ1n) is 12.3. The zero-order valence-electron chi connectivity index (χ0n) is 19.3. The Hall–Kier alpha value is -2.44. The molecule has 6 heteroatoms. The lowest BCUT2D eigenvalue weighted by Crippen LogP contribution is -2.45. The standard InChI is InChI=1S/C17H25N5.C9H11N/c1-20-7-9-21(10-8-20)17-4-2-3-16-19-15(13-22(16)17)12-18-11-14-5-6-14;1-2-6-9-8(4-1)5-3-7-10-9/h2-4,13-14,18H,5-12H2,1H3;3,5,7H,1-2,4,6H2. The van der Waals surface area contributed by atoms with Gasteiger partial charge in [-0.15, -0.1) is 0 Å². The van der Waals surface area contributed by atoms with Gasteiger partial charge in [-0.3, -0.25) is 9.38 Å². The molecule has 1 aliphatic heterocycles.